The van der Waals surface area contributed by atoms with Crippen LogP contribution in [0.3, 0.4) is 0 Å². The molecule has 0 unspecified atom stereocenters. The van der Waals surface area contributed by atoms with Crippen LogP contribution in [0.25, 0.3) is 0 Å². The van der Waals surface area contributed by atoms with Gasteiger partial charge in [-0.25, -0.2) is 9.97 Å². The second-order valence-corrected chi connectivity index (χ2v) is 6.85. The van der Waals surface area contributed by atoms with Gasteiger partial charge in [0.05, 0.1) is 12.1 Å². The molecule has 26 heavy (non-hydrogen) atoms. The van der Waals surface area contributed by atoms with Crippen LogP contribution in [-0.4, -0.2) is 23.6 Å². The molecule has 0 saturated carbocycles. The van der Waals surface area contributed by atoms with Crippen LogP contribution in [-0.2, 0) is 0 Å². The fraction of sp³-hybridized carbons (Fsp3) is 0.400. The summed E-state index contributed by atoms with van der Waals surface area (Å²) < 4.78 is 5.18. The van der Waals surface area contributed by atoms with E-state index in [9.17, 15) is 0 Å². The first-order valence-electron chi connectivity index (χ1n) is 9.02. The molecule has 3 rings (SSSR count). The van der Waals surface area contributed by atoms with Gasteiger partial charge in [0.15, 0.2) is 0 Å². The molecule has 0 radical (unpaired) electrons. The van der Waals surface area contributed by atoms with E-state index in [1.165, 1.54) is 25.7 Å². The summed E-state index contributed by atoms with van der Waals surface area (Å²) in [5, 5.41) is 7.24. The highest BCUT2D eigenvalue weighted by Crippen LogP contribution is 2.29. The Bertz CT molecular complexity index is 791. The predicted octanol–water partition coefficient (Wildman–Crippen LogP) is 5.49. The van der Waals surface area contributed by atoms with Crippen LogP contribution < -0.4 is 15.4 Å². The molecule has 2 aromatic rings. The van der Waals surface area contributed by atoms with E-state index in [2.05, 4.69) is 26.7 Å². The maximum Gasteiger partial charge on any atom is 0.137 e. The van der Waals surface area contributed by atoms with E-state index in [0.717, 1.165) is 30.3 Å². The lowest BCUT2D eigenvalue weighted by molar-refractivity contribution is 0.415. The van der Waals surface area contributed by atoms with E-state index in [1.807, 2.05) is 31.2 Å². The van der Waals surface area contributed by atoms with E-state index >= 15 is 0 Å². The molecule has 1 heterocycles. The van der Waals surface area contributed by atoms with Gasteiger partial charge in [0.1, 0.15) is 23.2 Å². The number of benzene rings is 1. The molecule has 1 aliphatic rings. The van der Waals surface area contributed by atoms with Crippen molar-refractivity contribution < 1.29 is 4.74 Å². The van der Waals surface area contributed by atoms with Gasteiger partial charge in [-0.3, -0.25) is 0 Å². The van der Waals surface area contributed by atoms with Crippen molar-refractivity contribution in [3.05, 3.63) is 46.8 Å². The summed E-state index contributed by atoms with van der Waals surface area (Å²) in [4.78, 5) is 8.93. The smallest absolute Gasteiger partial charge is 0.137 e. The van der Waals surface area contributed by atoms with Crippen molar-refractivity contribution in [2.75, 3.05) is 24.3 Å². The monoisotopic (exact) mass is 372 g/mol. The SMILES string of the molecule is COc1ccc(Nc2cc(NCCC3=CCCCC3)nc(C)n2)cc1Cl. The number of aryl methyl sites for hydroxylation is 1. The van der Waals surface area contributed by atoms with Crippen LogP contribution in [0.4, 0.5) is 17.3 Å². The number of hydrogen-bond acceptors (Lipinski definition) is 5. The Morgan fingerprint density at radius 1 is 1.15 bits per heavy atom. The van der Waals surface area contributed by atoms with Crippen LogP contribution in [0.15, 0.2) is 35.9 Å². The molecular formula is C20H25ClN4O. The molecule has 1 aliphatic carbocycles. The summed E-state index contributed by atoms with van der Waals surface area (Å²) in [5.41, 5.74) is 2.41. The molecule has 138 valence electrons. The van der Waals surface area contributed by atoms with Gasteiger partial charge in [0.25, 0.3) is 0 Å². The maximum absolute atomic E-state index is 6.19. The Kier molecular flexibility index (Phi) is 6.34. The van der Waals surface area contributed by atoms with Crippen molar-refractivity contribution in [1.29, 1.82) is 0 Å². The summed E-state index contributed by atoms with van der Waals surface area (Å²) in [6.45, 7) is 2.77. The minimum absolute atomic E-state index is 0.558. The number of anilines is 3. The van der Waals surface area contributed by atoms with Gasteiger partial charge in [0, 0.05) is 18.3 Å². The normalized spacial score (nSPS) is 13.9. The van der Waals surface area contributed by atoms with E-state index in [0.29, 0.717) is 16.6 Å². The second-order valence-electron chi connectivity index (χ2n) is 6.44. The number of methoxy groups -OCH3 is 1. The standard InChI is InChI=1S/C20H25ClN4O/c1-14-23-19(22-11-10-15-6-4-3-5-7-15)13-20(24-14)25-16-8-9-18(26-2)17(21)12-16/h6,8-9,12-13H,3-5,7,10-11H2,1-2H3,(H2,22,23,24,25). The lowest BCUT2D eigenvalue weighted by Crippen LogP contribution is -2.08. The van der Waals surface area contributed by atoms with E-state index < -0.39 is 0 Å². The topological polar surface area (TPSA) is 59.1 Å². The average molecular weight is 373 g/mol. The fourth-order valence-electron chi connectivity index (χ4n) is 3.10. The number of halogens is 1. The number of allylic oxidation sites excluding steroid dienone is 1. The zero-order valence-electron chi connectivity index (χ0n) is 15.3. The molecule has 0 atom stereocenters. The summed E-state index contributed by atoms with van der Waals surface area (Å²) in [5.74, 6) is 2.93. The molecule has 0 amide bonds. The van der Waals surface area contributed by atoms with Crippen molar-refractivity contribution in [2.45, 2.75) is 39.0 Å². The number of ether oxygens (including phenoxy) is 1. The largest absolute Gasteiger partial charge is 0.495 e. The van der Waals surface area contributed by atoms with Gasteiger partial charge in [-0.15, -0.1) is 0 Å². The first kappa shape index (κ1) is 18.5. The molecule has 2 N–H and O–H groups in total. The van der Waals surface area contributed by atoms with E-state index in [4.69, 9.17) is 16.3 Å². The van der Waals surface area contributed by atoms with Gasteiger partial charge < -0.3 is 15.4 Å². The number of aromatic nitrogens is 2. The zero-order chi connectivity index (χ0) is 18.4. The highest BCUT2D eigenvalue weighted by Gasteiger charge is 2.07. The molecule has 1 aromatic carbocycles. The van der Waals surface area contributed by atoms with Crippen LogP contribution in [0.1, 0.15) is 37.9 Å². The summed E-state index contributed by atoms with van der Waals surface area (Å²) >= 11 is 6.19. The molecule has 0 saturated heterocycles. The molecule has 6 heteroatoms. The summed E-state index contributed by atoms with van der Waals surface area (Å²) in [6.07, 6.45) is 8.55. The summed E-state index contributed by atoms with van der Waals surface area (Å²) in [6, 6.07) is 7.47. The number of hydrogen-bond donors (Lipinski definition) is 2. The number of nitrogens with one attached hydrogen (secondary N) is 2. The van der Waals surface area contributed by atoms with Gasteiger partial charge in [-0.1, -0.05) is 23.3 Å². The van der Waals surface area contributed by atoms with Crippen LogP contribution in [0, 0.1) is 6.92 Å². The van der Waals surface area contributed by atoms with Gasteiger partial charge in [0.2, 0.25) is 0 Å². The maximum atomic E-state index is 6.19. The minimum atomic E-state index is 0.558. The first-order valence-corrected chi connectivity index (χ1v) is 9.40. The van der Waals surface area contributed by atoms with Crippen LogP contribution in [0.5, 0.6) is 5.75 Å². The zero-order valence-corrected chi connectivity index (χ0v) is 16.1. The van der Waals surface area contributed by atoms with Gasteiger partial charge in [-0.05, 0) is 57.2 Å². The average Bonchev–Trinajstić information content (AvgIpc) is 2.62. The molecule has 0 fully saturated rings. The van der Waals surface area contributed by atoms with Gasteiger partial charge >= 0.3 is 0 Å². The Balaban J connectivity index is 1.63. The third-order valence-corrected chi connectivity index (χ3v) is 4.69. The second kappa shape index (κ2) is 8.90. The Morgan fingerprint density at radius 3 is 2.73 bits per heavy atom. The first-order chi connectivity index (χ1) is 12.6. The number of rotatable bonds is 7. The lowest BCUT2D eigenvalue weighted by atomic mass is 9.97. The predicted molar refractivity (Wildman–Crippen MR) is 108 cm³/mol. The van der Waals surface area contributed by atoms with Crippen LogP contribution in [0.2, 0.25) is 5.02 Å². The van der Waals surface area contributed by atoms with Crippen molar-refractivity contribution in [3.8, 4) is 5.75 Å². The molecule has 5 nitrogen and oxygen atoms in total. The minimum Gasteiger partial charge on any atom is -0.495 e. The Morgan fingerprint density at radius 2 is 2.00 bits per heavy atom. The molecular weight excluding hydrogens is 348 g/mol. The fourth-order valence-corrected chi connectivity index (χ4v) is 3.35. The molecule has 0 spiro atoms. The Labute approximate surface area is 159 Å². The van der Waals surface area contributed by atoms with Gasteiger partial charge in [-0.2, -0.15) is 0 Å². The van der Waals surface area contributed by atoms with E-state index in [1.54, 1.807) is 12.7 Å². The highest BCUT2D eigenvalue weighted by molar-refractivity contribution is 6.32. The van der Waals surface area contributed by atoms with Crippen molar-refractivity contribution in [3.63, 3.8) is 0 Å². The Hall–Kier alpha value is -2.27. The lowest BCUT2D eigenvalue weighted by Gasteiger charge is -2.14. The van der Waals surface area contributed by atoms with Crippen molar-refractivity contribution >= 4 is 28.9 Å². The summed E-state index contributed by atoms with van der Waals surface area (Å²) in [7, 11) is 1.60. The third-order valence-electron chi connectivity index (χ3n) is 4.40. The van der Waals surface area contributed by atoms with E-state index in [-0.39, 0.29) is 0 Å². The molecule has 0 aliphatic heterocycles. The number of nitrogens with zero attached hydrogens (tertiary/aromatic N) is 2. The van der Waals surface area contributed by atoms with Crippen molar-refractivity contribution in [1.82, 2.24) is 9.97 Å². The van der Waals surface area contributed by atoms with Crippen molar-refractivity contribution in [2.24, 2.45) is 0 Å². The molecule has 0 bridgehead atoms. The highest BCUT2D eigenvalue weighted by atomic mass is 35.5. The van der Waals surface area contributed by atoms with Crippen LogP contribution >= 0.6 is 11.6 Å². The molecule has 1 aromatic heterocycles. The third kappa shape index (κ3) is 5.11. The quantitative estimate of drug-likeness (QED) is 0.629.